The predicted molar refractivity (Wildman–Crippen MR) is 60.1 cm³/mol. The molecule has 0 aromatic rings. The Morgan fingerprint density at radius 3 is 2.19 bits per heavy atom. The van der Waals surface area contributed by atoms with E-state index >= 15 is 0 Å². The van der Waals surface area contributed by atoms with Crippen LogP contribution in [0.2, 0.25) is 0 Å². The van der Waals surface area contributed by atoms with Gasteiger partial charge in [-0.3, -0.25) is 4.79 Å². The number of carbonyl (C=O) groups excluding carboxylic acids is 1. The summed E-state index contributed by atoms with van der Waals surface area (Å²) < 4.78 is 5.38. The number of ether oxygens (including phenoxy) is 1. The zero-order valence-electron chi connectivity index (χ0n) is 9.65. The minimum Gasteiger partial charge on any atom is -0.381 e. The van der Waals surface area contributed by atoms with Crippen LogP contribution >= 0.6 is 0 Å². The lowest BCUT2D eigenvalue weighted by Crippen LogP contribution is -2.55. The number of nitrogens with zero attached hydrogens (tertiary/aromatic N) is 1. The maximum Gasteiger partial charge on any atom is 0.228 e. The second kappa shape index (κ2) is 4.34. The Morgan fingerprint density at radius 2 is 1.69 bits per heavy atom. The fraction of sp³-hybridized carbons (Fsp3) is 0.917. The van der Waals surface area contributed by atoms with Crippen molar-refractivity contribution in [3.05, 3.63) is 0 Å². The molecule has 0 atom stereocenters. The van der Waals surface area contributed by atoms with Crippen LogP contribution in [0.5, 0.6) is 0 Å². The molecule has 1 aliphatic carbocycles. The zero-order chi connectivity index (χ0) is 11.0. The van der Waals surface area contributed by atoms with Crippen molar-refractivity contribution in [1.82, 2.24) is 10.2 Å². The average Bonchev–Trinajstić information content (AvgIpc) is 3.01. The minimum atomic E-state index is 0.253. The summed E-state index contributed by atoms with van der Waals surface area (Å²) in [6.07, 6.45) is 4.48. The van der Waals surface area contributed by atoms with E-state index < -0.39 is 0 Å². The van der Waals surface area contributed by atoms with Crippen molar-refractivity contribution in [2.75, 3.05) is 26.3 Å². The second-order valence-corrected chi connectivity index (χ2v) is 5.18. The van der Waals surface area contributed by atoms with Crippen LogP contribution in [0.25, 0.3) is 0 Å². The lowest BCUT2D eigenvalue weighted by atomic mass is 9.98. The molecular weight excluding hydrogens is 204 g/mol. The van der Waals surface area contributed by atoms with Crippen molar-refractivity contribution in [3.8, 4) is 0 Å². The van der Waals surface area contributed by atoms with Crippen LogP contribution in [0.1, 0.15) is 25.7 Å². The van der Waals surface area contributed by atoms with Crippen molar-refractivity contribution in [3.63, 3.8) is 0 Å². The van der Waals surface area contributed by atoms with E-state index in [0.29, 0.717) is 18.0 Å². The number of rotatable bonds is 3. The fourth-order valence-electron chi connectivity index (χ4n) is 2.65. The van der Waals surface area contributed by atoms with Gasteiger partial charge in [-0.25, -0.2) is 0 Å². The Labute approximate surface area is 96.3 Å². The largest absolute Gasteiger partial charge is 0.381 e. The third kappa shape index (κ3) is 1.96. The molecule has 1 N–H and O–H groups in total. The van der Waals surface area contributed by atoms with Gasteiger partial charge in [-0.2, -0.15) is 0 Å². The van der Waals surface area contributed by atoms with E-state index in [1.165, 1.54) is 12.8 Å². The quantitative estimate of drug-likeness (QED) is 0.753. The van der Waals surface area contributed by atoms with Gasteiger partial charge < -0.3 is 15.0 Å². The lowest BCUT2D eigenvalue weighted by Gasteiger charge is -2.39. The van der Waals surface area contributed by atoms with E-state index in [9.17, 15) is 4.79 Å². The molecule has 1 saturated carbocycles. The summed E-state index contributed by atoms with van der Waals surface area (Å²) in [5, 5.41) is 3.19. The Bertz CT molecular complexity index is 268. The highest BCUT2D eigenvalue weighted by Gasteiger charge is 2.41. The van der Waals surface area contributed by atoms with Gasteiger partial charge in [0.25, 0.3) is 0 Å². The Morgan fingerprint density at radius 1 is 1.06 bits per heavy atom. The summed E-state index contributed by atoms with van der Waals surface area (Å²) >= 11 is 0. The number of hydrogen-bond donors (Lipinski definition) is 1. The maximum absolute atomic E-state index is 12.4. The van der Waals surface area contributed by atoms with Crippen LogP contribution in [0.4, 0.5) is 0 Å². The van der Waals surface area contributed by atoms with E-state index in [-0.39, 0.29) is 5.92 Å². The molecule has 0 unspecified atom stereocenters. The first kappa shape index (κ1) is 10.5. The van der Waals surface area contributed by atoms with Gasteiger partial charge in [0.1, 0.15) is 0 Å². The molecule has 0 spiro atoms. The van der Waals surface area contributed by atoms with Crippen molar-refractivity contribution in [2.24, 2.45) is 5.92 Å². The molecule has 4 heteroatoms. The second-order valence-electron chi connectivity index (χ2n) is 5.18. The van der Waals surface area contributed by atoms with Gasteiger partial charge >= 0.3 is 0 Å². The molecule has 3 fully saturated rings. The Balaban J connectivity index is 1.66. The van der Waals surface area contributed by atoms with Crippen LogP contribution in [0.15, 0.2) is 0 Å². The third-order valence-corrected chi connectivity index (χ3v) is 3.91. The third-order valence-electron chi connectivity index (χ3n) is 3.91. The highest BCUT2D eigenvalue weighted by atomic mass is 16.5. The van der Waals surface area contributed by atoms with Gasteiger partial charge in [0.05, 0.1) is 5.92 Å². The molecule has 4 nitrogen and oxygen atoms in total. The first-order chi connectivity index (χ1) is 7.86. The van der Waals surface area contributed by atoms with Gasteiger partial charge in [0, 0.05) is 38.4 Å². The van der Waals surface area contributed by atoms with Gasteiger partial charge in [-0.05, 0) is 25.7 Å². The summed E-state index contributed by atoms with van der Waals surface area (Å²) in [5.74, 6) is 0.650. The number of hydrogen-bond acceptors (Lipinski definition) is 3. The molecule has 3 rings (SSSR count). The zero-order valence-corrected chi connectivity index (χ0v) is 9.65. The van der Waals surface area contributed by atoms with E-state index in [1.54, 1.807) is 0 Å². The van der Waals surface area contributed by atoms with Crippen molar-refractivity contribution in [1.29, 1.82) is 0 Å². The standard InChI is InChI=1S/C12H20N2O2/c15-12(9-7-13-8-9)14(10-1-2-10)11-3-5-16-6-4-11/h9-11,13H,1-8H2. The first-order valence-corrected chi connectivity index (χ1v) is 6.47. The average molecular weight is 224 g/mol. The van der Waals surface area contributed by atoms with Gasteiger partial charge in [-0.15, -0.1) is 0 Å². The van der Waals surface area contributed by atoms with Crippen molar-refractivity contribution >= 4 is 5.91 Å². The molecule has 0 aromatic carbocycles. The molecule has 0 aromatic heterocycles. The van der Waals surface area contributed by atoms with Crippen LogP contribution in [-0.4, -0.2) is 49.2 Å². The minimum absolute atomic E-state index is 0.253. The Kier molecular flexibility index (Phi) is 2.86. The summed E-state index contributed by atoms with van der Waals surface area (Å²) in [4.78, 5) is 14.6. The number of nitrogens with one attached hydrogen (secondary N) is 1. The van der Waals surface area contributed by atoms with E-state index in [0.717, 1.165) is 39.1 Å². The number of amides is 1. The topological polar surface area (TPSA) is 41.6 Å². The summed E-state index contributed by atoms with van der Waals surface area (Å²) in [7, 11) is 0. The first-order valence-electron chi connectivity index (χ1n) is 6.47. The highest BCUT2D eigenvalue weighted by Crippen LogP contribution is 2.33. The SMILES string of the molecule is O=C(C1CNC1)N(C1CCOCC1)C1CC1. The van der Waals surface area contributed by atoms with Crippen molar-refractivity contribution in [2.45, 2.75) is 37.8 Å². The monoisotopic (exact) mass is 224 g/mol. The van der Waals surface area contributed by atoms with Gasteiger partial charge in [0.15, 0.2) is 0 Å². The van der Waals surface area contributed by atoms with Crippen LogP contribution in [0.3, 0.4) is 0 Å². The van der Waals surface area contributed by atoms with Gasteiger partial charge in [-0.1, -0.05) is 0 Å². The van der Waals surface area contributed by atoms with E-state index in [4.69, 9.17) is 4.74 Å². The molecular formula is C12H20N2O2. The maximum atomic E-state index is 12.4. The summed E-state index contributed by atoms with van der Waals surface area (Å²) in [6.45, 7) is 3.41. The summed E-state index contributed by atoms with van der Waals surface area (Å²) in [5.41, 5.74) is 0. The molecule has 2 heterocycles. The molecule has 2 saturated heterocycles. The smallest absolute Gasteiger partial charge is 0.228 e. The molecule has 3 aliphatic rings. The summed E-state index contributed by atoms with van der Waals surface area (Å²) in [6, 6.07) is 1.01. The van der Waals surface area contributed by atoms with Crippen LogP contribution < -0.4 is 5.32 Å². The van der Waals surface area contributed by atoms with Crippen LogP contribution in [0, 0.1) is 5.92 Å². The van der Waals surface area contributed by atoms with E-state index in [2.05, 4.69) is 10.2 Å². The molecule has 90 valence electrons. The predicted octanol–water partition coefficient (Wildman–Crippen LogP) is 0.376. The molecule has 0 radical (unpaired) electrons. The Hall–Kier alpha value is -0.610. The van der Waals surface area contributed by atoms with Crippen LogP contribution in [-0.2, 0) is 9.53 Å². The van der Waals surface area contributed by atoms with Gasteiger partial charge in [0.2, 0.25) is 5.91 Å². The molecule has 0 bridgehead atoms. The highest BCUT2D eigenvalue weighted by molar-refractivity contribution is 5.81. The molecule has 1 amide bonds. The molecule has 16 heavy (non-hydrogen) atoms. The normalized spacial score (nSPS) is 27.5. The molecule has 2 aliphatic heterocycles. The van der Waals surface area contributed by atoms with E-state index in [1.807, 2.05) is 0 Å². The van der Waals surface area contributed by atoms with Crippen molar-refractivity contribution < 1.29 is 9.53 Å². The fourth-order valence-corrected chi connectivity index (χ4v) is 2.65. The number of carbonyl (C=O) groups is 1. The lowest BCUT2D eigenvalue weighted by molar-refractivity contribution is -0.142.